The molecular weight excluding hydrogens is 360 g/mol. The number of rotatable bonds is 4. The normalized spacial score (nSPS) is 17.4. The van der Waals surface area contributed by atoms with Crippen LogP contribution in [-0.2, 0) is 16.1 Å². The van der Waals surface area contributed by atoms with Crippen LogP contribution in [-0.4, -0.2) is 34.7 Å². The van der Waals surface area contributed by atoms with Crippen molar-refractivity contribution in [3.8, 4) is 0 Å². The maximum atomic E-state index is 13.3. The summed E-state index contributed by atoms with van der Waals surface area (Å²) in [5.74, 6) is -0.469. The first-order valence-electron chi connectivity index (χ1n) is 9.22. The molecule has 0 bridgehead atoms. The Morgan fingerprint density at radius 1 is 0.926 bits per heavy atom. The molecule has 2 heterocycles. The number of benzene rings is 2. The van der Waals surface area contributed by atoms with Crippen LogP contribution in [0.25, 0.3) is 5.57 Å². The van der Waals surface area contributed by atoms with Crippen LogP contribution in [0.5, 0.6) is 0 Å². The van der Waals surface area contributed by atoms with E-state index in [2.05, 4.69) is 4.90 Å². The molecule has 2 aromatic carbocycles. The van der Waals surface area contributed by atoms with Crippen molar-refractivity contribution < 1.29 is 9.59 Å². The van der Waals surface area contributed by atoms with E-state index in [1.165, 1.54) is 4.90 Å². The highest BCUT2D eigenvalue weighted by molar-refractivity contribution is 6.35. The van der Waals surface area contributed by atoms with Crippen LogP contribution in [0.1, 0.15) is 29.5 Å². The summed E-state index contributed by atoms with van der Waals surface area (Å²) in [5.41, 5.74) is 3.73. The molecule has 4 rings (SSSR count). The van der Waals surface area contributed by atoms with Crippen molar-refractivity contribution in [1.82, 2.24) is 9.80 Å². The molecule has 5 heteroatoms. The van der Waals surface area contributed by atoms with Crippen LogP contribution in [0, 0.1) is 6.92 Å². The molecule has 27 heavy (non-hydrogen) atoms. The van der Waals surface area contributed by atoms with E-state index in [0.717, 1.165) is 42.6 Å². The molecule has 0 spiro atoms. The van der Waals surface area contributed by atoms with Gasteiger partial charge in [0.05, 0.1) is 12.1 Å². The Labute approximate surface area is 164 Å². The second-order valence-electron chi connectivity index (χ2n) is 7.07. The Morgan fingerprint density at radius 3 is 2.26 bits per heavy atom. The molecule has 0 radical (unpaired) electrons. The van der Waals surface area contributed by atoms with E-state index in [1.807, 2.05) is 49.4 Å². The Balaban J connectivity index is 1.75. The van der Waals surface area contributed by atoms with Gasteiger partial charge in [-0.25, -0.2) is 0 Å². The number of hydrogen-bond acceptors (Lipinski definition) is 3. The highest BCUT2D eigenvalue weighted by atomic mass is 35.5. The second-order valence-corrected chi connectivity index (χ2v) is 7.48. The summed E-state index contributed by atoms with van der Waals surface area (Å²) in [6.45, 7) is 3.81. The van der Waals surface area contributed by atoms with Crippen molar-refractivity contribution in [3.05, 3.63) is 75.9 Å². The van der Waals surface area contributed by atoms with Gasteiger partial charge in [0.15, 0.2) is 0 Å². The minimum Gasteiger partial charge on any atom is -0.366 e. The lowest BCUT2D eigenvalue weighted by atomic mass is 10.0. The molecule has 2 amide bonds. The zero-order valence-corrected chi connectivity index (χ0v) is 16.0. The summed E-state index contributed by atoms with van der Waals surface area (Å²) >= 11 is 6.26. The molecule has 1 fully saturated rings. The van der Waals surface area contributed by atoms with E-state index in [9.17, 15) is 9.59 Å². The summed E-state index contributed by atoms with van der Waals surface area (Å²) < 4.78 is 0. The molecule has 2 aliphatic heterocycles. The fourth-order valence-electron chi connectivity index (χ4n) is 3.72. The number of likely N-dealkylation sites (tertiary alicyclic amines) is 1. The number of hydrogen-bond donors (Lipinski definition) is 0. The number of carbonyl (C=O) groups excluding carboxylic acids is 2. The lowest BCUT2D eigenvalue weighted by molar-refractivity contribution is -0.138. The van der Waals surface area contributed by atoms with Crippen molar-refractivity contribution in [3.63, 3.8) is 0 Å². The molecule has 0 aromatic heterocycles. The highest BCUT2D eigenvalue weighted by Crippen LogP contribution is 2.34. The average molecular weight is 381 g/mol. The van der Waals surface area contributed by atoms with E-state index < -0.39 is 0 Å². The highest BCUT2D eigenvalue weighted by Gasteiger charge is 2.42. The molecule has 2 aromatic rings. The third-order valence-corrected chi connectivity index (χ3v) is 5.56. The zero-order chi connectivity index (χ0) is 19.0. The molecule has 0 unspecified atom stereocenters. The molecule has 2 aliphatic rings. The van der Waals surface area contributed by atoms with E-state index in [0.29, 0.717) is 16.3 Å². The van der Waals surface area contributed by atoms with Crippen molar-refractivity contribution in [2.45, 2.75) is 26.3 Å². The Hall–Kier alpha value is -2.59. The van der Waals surface area contributed by atoms with Crippen molar-refractivity contribution in [2.75, 3.05) is 13.1 Å². The van der Waals surface area contributed by atoms with Crippen LogP contribution in [0.4, 0.5) is 0 Å². The van der Waals surface area contributed by atoms with Gasteiger partial charge in [0, 0.05) is 18.1 Å². The van der Waals surface area contributed by atoms with Gasteiger partial charge in [0.1, 0.15) is 5.70 Å². The van der Waals surface area contributed by atoms with E-state index in [-0.39, 0.29) is 18.4 Å². The van der Waals surface area contributed by atoms with Gasteiger partial charge < -0.3 is 4.90 Å². The van der Waals surface area contributed by atoms with E-state index >= 15 is 0 Å². The maximum absolute atomic E-state index is 13.3. The summed E-state index contributed by atoms with van der Waals surface area (Å²) in [6, 6.07) is 15.1. The summed E-state index contributed by atoms with van der Waals surface area (Å²) in [4.78, 5) is 29.9. The van der Waals surface area contributed by atoms with Gasteiger partial charge in [-0.1, -0.05) is 59.6 Å². The molecule has 1 saturated heterocycles. The smallest absolute Gasteiger partial charge is 0.278 e. The zero-order valence-electron chi connectivity index (χ0n) is 15.2. The van der Waals surface area contributed by atoms with Gasteiger partial charge in [-0.3, -0.25) is 14.5 Å². The van der Waals surface area contributed by atoms with Crippen LogP contribution >= 0.6 is 11.6 Å². The predicted octanol–water partition coefficient (Wildman–Crippen LogP) is 4.02. The number of nitrogens with zero attached hydrogens (tertiary/aromatic N) is 2. The SMILES string of the molecule is Cc1ccc(C2=C(N3CCCC3)C(=O)N(Cc3ccccc3Cl)C2=O)cc1. The summed E-state index contributed by atoms with van der Waals surface area (Å²) in [7, 11) is 0. The average Bonchev–Trinajstić information content (AvgIpc) is 3.26. The van der Waals surface area contributed by atoms with Gasteiger partial charge in [-0.05, 0) is 37.0 Å². The van der Waals surface area contributed by atoms with E-state index in [1.54, 1.807) is 6.07 Å². The second kappa shape index (κ2) is 7.20. The third kappa shape index (κ3) is 3.26. The third-order valence-electron chi connectivity index (χ3n) is 5.19. The molecule has 0 atom stereocenters. The first kappa shape index (κ1) is 17.8. The number of imide groups is 1. The molecule has 4 nitrogen and oxygen atoms in total. The van der Waals surface area contributed by atoms with Crippen LogP contribution < -0.4 is 0 Å². The first-order chi connectivity index (χ1) is 13.1. The van der Waals surface area contributed by atoms with E-state index in [4.69, 9.17) is 11.6 Å². The quantitative estimate of drug-likeness (QED) is 0.752. The predicted molar refractivity (Wildman–Crippen MR) is 106 cm³/mol. The largest absolute Gasteiger partial charge is 0.366 e. The van der Waals surface area contributed by atoms with Crippen molar-refractivity contribution in [1.29, 1.82) is 0 Å². The summed E-state index contributed by atoms with van der Waals surface area (Å²) in [5, 5.41) is 0.560. The Bertz CT molecular complexity index is 928. The van der Waals surface area contributed by atoms with Crippen LogP contribution in [0.3, 0.4) is 0 Å². The fourth-order valence-corrected chi connectivity index (χ4v) is 3.91. The molecule has 138 valence electrons. The maximum Gasteiger partial charge on any atom is 0.278 e. The van der Waals surface area contributed by atoms with Gasteiger partial charge in [0.25, 0.3) is 11.8 Å². The fraction of sp³-hybridized carbons (Fsp3) is 0.273. The van der Waals surface area contributed by atoms with Crippen molar-refractivity contribution in [2.24, 2.45) is 0 Å². The van der Waals surface area contributed by atoms with Gasteiger partial charge in [0.2, 0.25) is 0 Å². The number of aryl methyl sites for hydroxylation is 1. The molecular formula is C22H21ClN2O2. The Kier molecular flexibility index (Phi) is 4.75. The van der Waals surface area contributed by atoms with Crippen molar-refractivity contribution >= 4 is 29.0 Å². The Morgan fingerprint density at radius 2 is 1.59 bits per heavy atom. The van der Waals surface area contributed by atoms with Gasteiger partial charge in [-0.15, -0.1) is 0 Å². The van der Waals surface area contributed by atoms with Gasteiger partial charge >= 0.3 is 0 Å². The lowest BCUT2D eigenvalue weighted by Crippen LogP contribution is -2.34. The monoisotopic (exact) mass is 380 g/mol. The minimum absolute atomic E-state index is 0.185. The first-order valence-corrected chi connectivity index (χ1v) is 9.60. The van der Waals surface area contributed by atoms with Gasteiger partial charge in [-0.2, -0.15) is 0 Å². The topological polar surface area (TPSA) is 40.6 Å². The number of amides is 2. The standard InChI is InChI=1S/C22H21ClN2O2/c1-15-8-10-16(11-9-15)19-20(24-12-4-5-13-24)22(27)25(21(19)26)14-17-6-2-3-7-18(17)23/h2-3,6-11H,4-5,12-14H2,1H3. The van der Waals surface area contributed by atoms with Crippen LogP contribution in [0.15, 0.2) is 54.2 Å². The summed E-state index contributed by atoms with van der Waals surface area (Å²) in [6.07, 6.45) is 2.08. The molecule has 0 aliphatic carbocycles. The molecule has 0 saturated carbocycles. The molecule has 0 N–H and O–H groups in total. The number of halogens is 1. The van der Waals surface area contributed by atoms with Crippen LogP contribution in [0.2, 0.25) is 5.02 Å². The number of carbonyl (C=O) groups is 2. The minimum atomic E-state index is -0.245. The lowest BCUT2D eigenvalue weighted by Gasteiger charge is -2.20.